The molecule has 1 fully saturated rings. The van der Waals surface area contributed by atoms with E-state index in [9.17, 15) is 4.79 Å². The zero-order valence-corrected chi connectivity index (χ0v) is 12.5. The second-order valence-corrected chi connectivity index (χ2v) is 6.46. The van der Waals surface area contributed by atoms with Crippen molar-refractivity contribution in [3.63, 3.8) is 0 Å². The number of carbonyl (C=O) groups is 1. The van der Waals surface area contributed by atoms with Gasteiger partial charge in [0.1, 0.15) is 0 Å². The summed E-state index contributed by atoms with van der Waals surface area (Å²) in [5.41, 5.74) is 5.75. The molecule has 1 heterocycles. The molecule has 0 aromatic carbocycles. The molecule has 0 aliphatic heterocycles. The summed E-state index contributed by atoms with van der Waals surface area (Å²) < 4.78 is 0. The van der Waals surface area contributed by atoms with Crippen molar-refractivity contribution >= 4 is 17.2 Å². The molecule has 19 heavy (non-hydrogen) atoms. The third-order valence-electron chi connectivity index (χ3n) is 4.05. The minimum Gasteiger partial charge on any atom is -0.341 e. The topological polar surface area (TPSA) is 46.3 Å². The first-order valence-electron chi connectivity index (χ1n) is 7.26. The Kier molecular flexibility index (Phi) is 4.99. The summed E-state index contributed by atoms with van der Waals surface area (Å²) in [4.78, 5) is 15.9. The van der Waals surface area contributed by atoms with Crippen LogP contribution in [-0.4, -0.2) is 29.4 Å². The average Bonchev–Trinajstić information content (AvgIpc) is 2.93. The first-order valence-corrected chi connectivity index (χ1v) is 8.14. The summed E-state index contributed by atoms with van der Waals surface area (Å²) in [7, 11) is 0. The third-order valence-corrected chi connectivity index (χ3v) is 4.99. The molecule has 2 N–H and O–H groups in total. The lowest BCUT2D eigenvalue weighted by Crippen LogP contribution is -2.56. The van der Waals surface area contributed by atoms with Crippen LogP contribution in [-0.2, 0) is 11.2 Å². The van der Waals surface area contributed by atoms with E-state index in [-0.39, 0.29) is 5.91 Å². The van der Waals surface area contributed by atoms with Gasteiger partial charge in [-0.3, -0.25) is 4.79 Å². The number of hydrogen-bond donors (Lipinski definition) is 1. The maximum atomic E-state index is 12.6. The van der Waals surface area contributed by atoms with E-state index >= 15 is 0 Å². The molecule has 1 aliphatic rings. The Morgan fingerprint density at radius 3 is 2.74 bits per heavy atom. The molecule has 0 saturated heterocycles. The Morgan fingerprint density at radius 1 is 1.42 bits per heavy atom. The molecule has 1 aromatic heterocycles. The van der Waals surface area contributed by atoms with Gasteiger partial charge in [-0.2, -0.15) is 0 Å². The fourth-order valence-corrected chi connectivity index (χ4v) is 3.51. The van der Waals surface area contributed by atoms with Gasteiger partial charge in [-0.15, -0.1) is 11.3 Å². The number of nitrogens with two attached hydrogens (primary N) is 1. The van der Waals surface area contributed by atoms with Crippen molar-refractivity contribution in [2.24, 2.45) is 5.73 Å². The van der Waals surface area contributed by atoms with Gasteiger partial charge in [0.15, 0.2) is 0 Å². The molecule has 106 valence electrons. The molecular formula is C15H24N2OS. The number of nitrogens with zero attached hydrogens (tertiary/aromatic N) is 1. The van der Waals surface area contributed by atoms with Crippen molar-refractivity contribution < 1.29 is 4.79 Å². The van der Waals surface area contributed by atoms with E-state index in [0.29, 0.717) is 0 Å². The summed E-state index contributed by atoms with van der Waals surface area (Å²) in [6.45, 7) is 3.58. The van der Waals surface area contributed by atoms with Gasteiger partial charge < -0.3 is 10.6 Å². The van der Waals surface area contributed by atoms with Gasteiger partial charge in [-0.05, 0) is 37.6 Å². The molecule has 0 bridgehead atoms. The van der Waals surface area contributed by atoms with Gasteiger partial charge in [0.05, 0.1) is 5.54 Å². The quantitative estimate of drug-likeness (QED) is 0.901. The molecule has 0 unspecified atom stereocenters. The van der Waals surface area contributed by atoms with Gasteiger partial charge in [0.25, 0.3) is 0 Å². The second-order valence-electron chi connectivity index (χ2n) is 5.43. The average molecular weight is 280 g/mol. The van der Waals surface area contributed by atoms with Crippen LogP contribution >= 0.6 is 11.3 Å². The number of likely N-dealkylation sites (N-methyl/N-ethyl adjacent to an activating group) is 1. The Morgan fingerprint density at radius 2 is 2.16 bits per heavy atom. The highest BCUT2D eigenvalue weighted by molar-refractivity contribution is 7.09. The maximum absolute atomic E-state index is 12.6. The highest BCUT2D eigenvalue weighted by Gasteiger charge is 2.37. The molecule has 2 rings (SSSR count). The van der Waals surface area contributed by atoms with Crippen molar-refractivity contribution in [1.29, 1.82) is 0 Å². The molecule has 1 aromatic rings. The molecule has 0 radical (unpaired) electrons. The summed E-state index contributed by atoms with van der Waals surface area (Å²) in [5.74, 6) is 0.159. The SMILES string of the molecule is CCN(CCc1cccs1)C(=O)C1(N)CCCCC1. The molecule has 0 spiro atoms. The summed E-state index contributed by atoms with van der Waals surface area (Å²) in [6.07, 6.45) is 6.03. The molecule has 1 saturated carbocycles. The number of hydrogen-bond acceptors (Lipinski definition) is 3. The number of rotatable bonds is 5. The molecule has 3 nitrogen and oxygen atoms in total. The smallest absolute Gasteiger partial charge is 0.242 e. The fourth-order valence-electron chi connectivity index (χ4n) is 2.81. The number of carbonyl (C=O) groups excluding carboxylic acids is 1. The zero-order chi connectivity index (χ0) is 13.7. The second kappa shape index (κ2) is 6.53. The Hall–Kier alpha value is -0.870. The van der Waals surface area contributed by atoms with E-state index in [4.69, 9.17) is 5.73 Å². The number of amides is 1. The van der Waals surface area contributed by atoms with E-state index < -0.39 is 5.54 Å². The lowest BCUT2D eigenvalue weighted by atomic mass is 9.81. The molecule has 0 atom stereocenters. The predicted octanol–water partition coefficient (Wildman–Crippen LogP) is 2.80. The van der Waals surface area contributed by atoms with Crippen LogP contribution in [0.4, 0.5) is 0 Å². The molecule has 4 heteroatoms. The van der Waals surface area contributed by atoms with E-state index in [1.807, 2.05) is 11.8 Å². The maximum Gasteiger partial charge on any atom is 0.242 e. The summed E-state index contributed by atoms with van der Waals surface area (Å²) in [5, 5.41) is 2.08. The minimum absolute atomic E-state index is 0.159. The van der Waals surface area contributed by atoms with Crippen molar-refractivity contribution in [3.8, 4) is 0 Å². The van der Waals surface area contributed by atoms with E-state index in [2.05, 4.69) is 17.5 Å². The Labute approximate surface area is 119 Å². The van der Waals surface area contributed by atoms with Crippen LogP contribution in [0.15, 0.2) is 17.5 Å². The lowest BCUT2D eigenvalue weighted by molar-refractivity contribution is -0.138. The highest BCUT2D eigenvalue weighted by atomic mass is 32.1. The molecule has 1 aliphatic carbocycles. The van der Waals surface area contributed by atoms with Crippen LogP contribution in [0.25, 0.3) is 0 Å². The monoisotopic (exact) mass is 280 g/mol. The van der Waals surface area contributed by atoms with E-state index in [0.717, 1.165) is 45.2 Å². The standard InChI is InChI=1S/C15H24N2OS/c1-2-17(11-8-13-7-6-12-19-13)14(18)15(16)9-4-3-5-10-15/h6-7,12H,2-5,8-11,16H2,1H3. The lowest BCUT2D eigenvalue weighted by Gasteiger charge is -2.36. The Bertz CT molecular complexity index is 396. The van der Waals surface area contributed by atoms with Crippen LogP contribution in [0.1, 0.15) is 43.9 Å². The van der Waals surface area contributed by atoms with Gasteiger partial charge >= 0.3 is 0 Å². The highest BCUT2D eigenvalue weighted by Crippen LogP contribution is 2.27. The molecular weight excluding hydrogens is 256 g/mol. The van der Waals surface area contributed by atoms with Crippen LogP contribution in [0, 0.1) is 0 Å². The Balaban J connectivity index is 1.94. The summed E-state index contributed by atoms with van der Waals surface area (Å²) >= 11 is 1.75. The van der Waals surface area contributed by atoms with Crippen LogP contribution in [0.2, 0.25) is 0 Å². The van der Waals surface area contributed by atoms with Crippen molar-refractivity contribution in [2.75, 3.05) is 13.1 Å². The van der Waals surface area contributed by atoms with Crippen molar-refractivity contribution in [3.05, 3.63) is 22.4 Å². The largest absolute Gasteiger partial charge is 0.341 e. The van der Waals surface area contributed by atoms with Crippen molar-refractivity contribution in [2.45, 2.75) is 51.0 Å². The predicted molar refractivity (Wildman–Crippen MR) is 80.3 cm³/mol. The van der Waals surface area contributed by atoms with Gasteiger partial charge in [0.2, 0.25) is 5.91 Å². The normalized spacial score (nSPS) is 18.2. The summed E-state index contributed by atoms with van der Waals surface area (Å²) in [6, 6.07) is 4.19. The fraction of sp³-hybridized carbons (Fsp3) is 0.667. The first kappa shape index (κ1) is 14.5. The van der Waals surface area contributed by atoms with Gasteiger partial charge in [-0.25, -0.2) is 0 Å². The zero-order valence-electron chi connectivity index (χ0n) is 11.7. The number of thiophene rings is 1. The first-order chi connectivity index (χ1) is 9.15. The molecule has 1 amide bonds. The third kappa shape index (κ3) is 3.57. The van der Waals surface area contributed by atoms with Crippen LogP contribution in [0.5, 0.6) is 0 Å². The van der Waals surface area contributed by atoms with E-state index in [1.165, 1.54) is 11.3 Å². The van der Waals surface area contributed by atoms with Crippen LogP contribution < -0.4 is 5.73 Å². The van der Waals surface area contributed by atoms with Gasteiger partial charge in [0, 0.05) is 18.0 Å². The van der Waals surface area contributed by atoms with E-state index in [1.54, 1.807) is 11.3 Å². The van der Waals surface area contributed by atoms with Crippen LogP contribution in [0.3, 0.4) is 0 Å². The minimum atomic E-state index is -0.594. The van der Waals surface area contributed by atoms with Gasteiger partial charge in [-0.1, -0.05) is 25.3 Å². The van der Waals surface area contributed by atoms with Crippen molar-refractivity contribution in [1.82, 2.24) is 4.90 Å².